The second-order valence-electron chi connectivity index (χ2n) is 12.4. The van der Waals surface area contributed by atoms with Crippen LogP contribution in [-0.4, -0.2) is 58.8 Å². The molecule has 2 bridgehead atoms. The Balaban J connectivity index is 1.71. The molecule has 2 aliphatic heterocycles. The molecule has 2 atom stereocenters. The summed E-state index contributed by atoms with van der Waals surface area (Å²) in [6.45, 7) is 9.51. The standard InChI is InChI=1S/C34H50N2O5/c1-5-30(38)34-31-16-17-36(34)32(39)22-35-21-29(25(4)37)28-20-27(41-23-24(2)3)19-26(33(28)35)15-13-11-9-7-6-8-10-12-14-18-40-31/h19-21,24,31,34H,5-18,22-23H2,1-4H3/t31-,34-/m1/s1. The zero-order valence-corrected chi connectivity index (χ0v) is 25.7. The Labute approximate surface area is 245 Å². The average molecular weight is 567 g/mol. The van der Waals surface area contributed by atoms with Gasteiger partial charge in [-0.15, -0.1) is 0 Å². The van der Waals surface area contributed by atoms with Gasteiger partial charge in [-0.1, -0.05) is 65.7 Å². The van der Waals surface area contributed by atoms with Crippen molar-refractivity contribution < 1.29 is 23.9 Å². The molecular weight excluding hydrogens is 516 g/mol. The normalized spacial score (nSPS) is 21.8. The summed E-state index contributed by atoms with van der Waals surface area (Å²) in [6, 6.07) is 3.52. The van der Waals surface area contributed by atoms with Gasteiger partial charge in [0, 0.05) is 36.7 Å². The number of aryl methyl sites for hydroxylation is 1. The van der Waals surface area contributed by atoms with Crippen LogP contribution in [0.2, 0.25) is 0 Å². The van der Waals surface area contributed by atoms with Crippen LogP contribution in [0.5, 0.6) is 5.75 Å². The van der Waals surface area contributed by atoms with Gasteiger partial charge in [-0.3, -0.25) is 14.4 Å². The molecule has 1 aromatic carbocycles. The van der Waals surface area contributed by atoms with E-state index in [2.05, 4.69) is 19.9 Å². The number of carbonyl (C=O) groups is 3. The van der Waals surface area contributed by atoms with Crippen molar-refractivity contribution in [3.05, 3.63) is 29.5 Å². The Morgan fingerprint density at radius 1 is 1.02 bits per heavy atom. The van der Waals surface area contributed by atoms with E-state index in [9.17, 15) is 14.4 Å². The number of hydrogen-bond donors (Lipinski definition) is 0. The van der Waals surface area contributed by atoms with Crippen LogP contribution < -0.4 is 4.74 Å². The highest BCUT2D eigenvalue weighted by atomic mass is 16.5. The van der Waals surface area contributed by atoms with E-state index in [1.807, 2.05) is 23.8 Å². The van der Waals surface area contributed by atoms with Crippen LogP contribution in [-0.2, 0) is 27.3 Å². The summed E-state index contributed by atoms with van der Waals surface area (Å²) in [4.78, 5) is 41.4. The predicted molar refractivity (Wildman–Crippen MR) is 163 cm³/mol. The number of ketones is 2. The van der Waals surface area contributed by atoms with E-state index in [0.29, 0.717) is 44.1 Å². The van der Waals surface area contributed by atoms with Crippen LogP contribution in [0, 0.1) is 5.92 Å². The lowest BCUT2D eigenvalue weighted by molar-refractivity contribution is -0.140. The first-order valence-corrected chi connectivity index (χ1v) is 16.0. The maximum atomic E-state index is 13.8. The molecule has 7 heteroatoms. The van der Waals surface area contributed by atoms with E-state index >= 15 is 0 Å². The molecule has 0 radical (unpaired) electrons. The van der Waals surface area contributed by atoms with Gasteiger partial charge < -0.3 is 18.9 Å². The van der Waals surface area contributed by atoms with Gasteiger partial charge in [-0.05, 0) is 56.2 Å². The summed E-state index contributed by atoms with van der Waals surface area (Å²) in [5, 5.41) is 0.840. The van der Waals surface area contributed by atoms with Crippen molar-refractivity contribution in [1.82, 2.24) is 9.47 Å². The smallest absolute Gasteiger partial charge is 0.243 e. The molecule has 0 spiro atoms. The maximum absolute atomic E-state index is 13.8. The zero-order chi connectivity index (χ0) is 29.4. The Bertz CT molecular complexity index is 1200. The number of rotatable bonds is 6. The molecule has 0 N–H and O–H groups in total. The Kier molecular flexibility index (Phi) is 11.4. The molecule has 0 unspecified atom stereocenters. The minimum absolute atomic E-state index is 0.0349. The second-order valence-corrected chi connectivity index (χ2v) is 12.4. The van der Waals surface area contributed by atoms with E-state index in [0.717, 1.165) is 54.3 Å². The van der Waals surface area contributed by atoms with Crippen LogP contribution in [0.1, 0.15) is 114 Å². The summed E-state index contributed by atoms with van der Waals surface area (Å²) >= 11 is 0. The number of hydrogen-bond acceptors (Lipinski definition) is 5. The average Bonchev–Trinajstić information content (AvgIpc) is 3.53. The molecule has 1 fully saturated rings. The lowest BCUT2D eigenvalue weighted by Crippen LogP contribution is -2.46. The van der Waals surface area contributed by atoms with Crippen LogP contribution in [0.3, 0.4) is 0 Å². The SMILES string of the molecule is CCC(=O)[C@@H]1[C@H]2CCN1C(=O)Cn1cc(C(C)=O)c3cc(OCC(C)C)cc(c31)CCCCCCCCCCCO2. The molecule has 226 valence electrons. The molecule has 1 saturated heterocycles. The fraction of sp³-hybridized carbons (Fsp3) is 0.676. The van der Waals surface area contributed by atoms with Crippen LogP contribution in [0.4, 0.5) is 0 Å². The van der Waals surface area contributed by atoms with Crippen molar-refractivity contribution >= 4 is 28.4 Å². The number of amides is 1. The van der Waals surface area contributed by atoms with Crippen molar-refractivity contribution in [2.45, 2.75) is 123 Å². The molecule has 0 aliphatic carbocycles. The molecule has 41 heavy (non-hydrogen) atoms. The van der Waals surface area contributed by atoms with Crippen molar-refractivity contribution in [2.75, 3.05) is 19.8 Å². The number of Topliss-reactive ketones (excluding diaryl/α,β-unsaturated/α-hetero) is 2. The zero-order valence-electron chi connectivity index (χ0n) is 25.7. The van der Waals surface area contributed by atoms with Crippen LogP contribution in [0.25, 0.3) is 10.9 Å². The van der Waals surface area contributed by atoms with Gasteiger partial charge in [0.1, 0.15) is 18.3 Å². The topological polar surface area (TPSA) is 77.8 Å². The van der Waals surface area contributed by atoms with E-state index in [-0.39, 0.29) is 30.1 Å². The first kappa shape index (κ1) is 31.3. The summed E-state index contributed by atoms with van der Waals surface area (Å²) in [5.74, 6) is 1.08. The first-order valence-electron chi connectivity index (χ1n) is 16.0. The van der Waals surface area contributed by atoms with Gasteiger partial charge in [0.25, 0.3) is 0 Å². The summed E-state index contributed by atoms with van der Waals surface area (Å²) in [7, 11) is 0. The molecule has 0 saturated carbocycles. The molecule has 2 aliphatic rings. The predicted octanol–water partition coefficient (Wildman–Crippen LogP) is 6.91. The summed E-state index contributed by atoms with van der Waals surface area (Å²) < 4.78 is 14.3. The van der Waals surface area contributed by atoms with E-state index in [4.69, 9.17) is 9.47 Å². The maximum Gasteiger partial charge on any atom is 0.243 e. The van der Waals surface area contributed by atoms with Gasteiger partial charge in [-0.25, -0.2) is 0 Å². The molecule has 7 nitrogen and oxygen atoms in total. The largest absolute Gasteiger partial charge is 0.493 e. The third-order valence-electron chi connectivity index (χ3n) is 8.56. The summed E-state index contributed by atoms with van der Waals surface area (Å²) in [5.41, 5.74) is 2.64. The molecular formula is C34H50N2O5. The number of aromatic nitrogens is 1. The Morgan fingerprint density at radius 3 is 2.37 bits per heavy atom. The van der Waals surface area contributed by atoms with Crippen molar-refractivity contribution in [3.8, 4) is 5.75 Å². The van der Waals surface area contributed by atoms with Crippen molar-refractivity contribution in [2.24, 2.45) is 5.92 Å². The number of nitrogens with zero attached hydrogens (tertiary/aromatic N) is 2. The Hall–Kier alpha value is -2.67. The van der Waals surface area contributed by atoms with Crippen molar-refractivity contribution in [3.63, 3.8) is 0 Å². The van der Waals surface area contributed by atoms with Gasteiger partial charge in [-0.2, -0.15) is 0 Å². The molecule has 3 heterocycles. The second kappa shape index (κ2) is 15.0. The minimum atomic E-state index is -0.539. The third-order valence-corrected chi connectivity index (χ3v) is 8.56. The number of ether oxygens (including phenoxy) is 2. The van der Waals surface area contributed by atoms with Gasteiger partial charge in [0.2, 0.25) is 5.91 Å². The van der Waals surface area contributed by atoms with E-state index in [1.165, 1.54) is 32.1 Å². The fourth-order valence-corrected chi connectivity index (χ4v) is 6.38. The van der Waals surface area contributed by atoms with Gasteiger partial charge in [0.15, 0.2) is 11.6 Å². The van der Waals surface area contributed by atoms with Crippen LogP contribution in [0.15, 0.2) is 18.3 Å². The highest BCUT2D eigenvalue weighted by Crippen LogP contribution is 2.33. The van der Waals surface area contributed by atoms with E-state index in [1.54, 1.807) is 11.8 Å². The fourth-order valence-electron chi connectivity index (χ4n) is 6.38. The van der Waals surface area contributed by atoms with Crippen LogP contribution >= 0.6 is 0 Å². The van der Waals surface area contributed by atoms with E-state index < -0.39 is 6.04 Å². The first-order chi connectivity index (χ1) is 19.8. The van der Waals surface area contributed by atoms with Gasteiger partial charge >= 0.3 is 0 Å². The molecule has 1 aromatic heterocycles. The minimum Gasteiger partial charge on any atom is -0.493 e. The summed E-state index contributed by atoms with van der Waals surface area (Å²) in [6.07, 6.45) is 14.0. The lowest BCUT2D eigenvalue weighted by atomic mass is 10.00. The monoisotopic (exact) mass is 566 g/mol. The highest BCUT2D eigenvalue weighted by molar-refractivity contribution is 6.08. The number of fused-ring (bicyclic) bond motifs is 2. The molecule has 4 rings (SSSR count). The number of benzene rings is 1. The Morgan fingerprint density at radius 2 is 1.71 bits per heavy atom. The quantitative estimate of drug-likeness (QED) is 0.355. The molecule has 2 aromatic rings. The highest BCUT2D eigenvalue weighted by Gasteiger charge is 2.41. The number of carbonyl (C=O) groups excluding carboxylic acids is 3. The lowest BCUT2D eigenvalue weighted by Gasteiger charge is -2.27. The molecule has 1 amide bonds. The third kappa shape index (κ3) is 8.00. The van der Waals surface area contributed by atoms with Crippen molar-refractivity contribution in [1.29, 1.82) is 0 Å². The van der Waals surface area contributed by atoms with Gasteiger partial charge in [0.05, 0.1) is 18.2 Å².